The fraction of sp³-hybridized carbons (Fsp3) is 0.368. The number of hydrogen-bond donors (Lipinski definition) is 0. The molecule has 0 aromatic carbocycles. The summed E-state index contributed by atoms with van der Waals surface area (Å²) in [4.78, 5) is 22.6. The molecule has 1 aliphatic heterocycles. The van der Waals surface area contributed by atoms with Gasteiger partial charge in [0.15, 0.2) is 0 Å². The zero-order valence-electron chi connectivity index (χ0n) is 15.6. The first-order chi connectivity index (χ1) is 13.2. The van der Waals surface area contributed by atoms with Crippen LogP contribution in [0.15, 0.2) is 29.7 Å². The lowest BCUT2D eigenvalue weighted by molar-refractivity contribution is 0.144. The Morgan fingerprint density at radius 3 is 2.93 bits per heavy atom. The van der Waals surface area contributed by atoms with E-state index in [0.29, 0.717) is 6.61 Å². The monoisotopic (exact) mass is 399 g/mol. The third kappa shape index (κ3) is 3.59. The molecule has 27 heavy (non-hydrogen) atoms. The minimum Gasteiger partial charge on any atom is -0.396 e. The van der Waals surface area contributed by atoms with E-state index in [1.54, 1.807) is 28.9 Å². The summed E-state index contributed by atoms with van der Waals surface area (Å²) in [6.45, 7) is 5.67. The fourth-order valence-corrected chi connectivity index (χ4v) is 5.12. The van der Waals surface area contributed by atoms with Gasteiger partial charge < -0.3 is 9.74 Å². The highest BCUT2D eigenvalue weighted by atomic mass is 32.1. The van der Waals surface area contributed by atoms with Crippen molar-refractivity contribution in [2.45, 2.75) is 26.7 Å². The number of aryl methyl sites for hydroxylation is 1. The quantitative estimate of drug-likeness (QED) is 0.463. The standard InChI is InChI=1S/C19H21N5OS2/c1-4-10-25-23-14-7-9-24(3)19-15(14)22-18(27-19)16-12(2)21-17(26-16)13-6-5-8-20-11-13/h5-6,8,11H,4,7,9-10H2,1-3H3/b23-14+. The van der Waals surface area contributed by atoms with Crippen LogP contribution in [0.2, 0.25) is 0 Å². The van der Waals surface area contributed by atoms with Crippen molar-refractivity contribution in [1.29, 1.82) is 0 Å². The number of thiazole rings is 2. The highest BCUT2D eigenvalue weighted by Gasteiger charge is 2.27. The van der Waals surface area contributed by atoms with Gasteiger partial charge in [0.1, 0.15) is 33.0 Å². The minimum atomic E-state index is 0.633. The lowest BCUT2D eigenvalue weighted by Crippen LogP contribution is -2.27. The molecule has 8 heteroatoms. The van der Waals surface area contributed by atoms with E-state index in [4.69, 9.17) is 14.8 Å². The first kappa shape index (κ1) is 18.1. The molecule has 0 radical (unpaired) electrons. The molecule has 1 aliphatic rings. The van der Waals surface area contributed by atoms with E-state index in [1.807, 2.05) is 25.3 Å². The molecule has 0 aliphatic carbocycles. The molecule has 4 rings (SSSR count). The van der Waals surface area contributed by atoms with Crippen LogP contribution in [0.3, 0.4) is 0 Å². The van der Waals surface area contributed by atoms with Crippen LogP contribution in [0.4, 0.5) is 5.00 Å². The van der Waals surface area contributed by atoms with E-state index in [0.717, 1.165) is 61.9 Å². The summed E-state index contributed by atoms with van der Waals surface area (Å²) < 4.78 is 0. The largest absolute Gasteiger partial charge is 0.396 e. The van der Waals surface area contributed by atoms with Gasteiger partial charge >= 0.3 is 0 Å². The van der Waals surface area contributed by atoms with Crippen LogP contribution >= 0.6 is 22.7 Å². The van der Waals surface area contributed by atoms with E-state index in [-0.39, 0.29) is 0 Å². The van der Waals surface area contributed by atoms with Crippen LogP contribution in [0, 0.1) is 6.92 Å². The average molecular weight is 400 g/mol. The van der Waals surface area contributed by atoms with Crippen molar-refractivity contribution in [2.75, 3.05) is 25.1 Å². The third-order valence-corrected chi connectivity index (χ3v) is 6.81. The van der Waals surface area contributed by atoms with Crippen LogP contribution in [0.5, 0.6) is 0 Å². The SMILES string of the molecule is CCCO/N=C1\CCN(C)c2sc(-c3sc(-c4cccnc4)nc3C)nc21. The second-order valence-corrected chi connectivity index (χ2v) is 8.37. The van der Waals surface area contributed by atoms with E-state index >= 15 is 0 Å². The topological polar surface area (TPSA) is 63.5 Å². The number of oxime groups is 1. The van der Waals surface area contributed by atoms with Crippen molar-refractivity contribution in [3.8, 4) is 20.5 Å². The van der Waals surface area contributed by atoms with Crippen LogP contribution in [-0.2, 0) is 4.84 Å². The summed E-state index contributed by atoms with van der Waals surface area (Å²) in [5, 5.41) is 7.45. The molecule has 0 fully saturated rings. The van der Waals surface area contributed by atoms with E-state index in [9.17, 15) is 0 Å². The van der Waals surface area contributed by atoms with Gasteiger partial charge in [0.05, 0.1) is 10.6 Å². The van der Waals surface area contributed by atoms with Crippen molar-refractivity contribution < 1.29 is 4.84 Å². The van der Waals surface area contributed by atoms with Gasteiger partial charge in [-0.05, 0) is 25.5 Å². The average Bonchev–Trinajstić information content (AvgIpc) is 3.29. The first-order valence-electron chi connectivity index (χ1n) is 8.96. The number of hydrogen-bond acceptors (Lipinski definition) is 8. The van der Waals surface area contributed by atoms with Gasteiger partial charge in [-0.1, -0.05) is 23.4 Å². The van der Waals surface area contributed by atoms with E-state index < -0.39 is 0 Å². The molecule has 3 aromatic rings. The van der Waals surface area contributed by atoms with E-state index in [2.05, 4.69) is 29.0 Å². The maximum atomic E-state index is 5.43. The highest BCUT2D eigenvalue weighted by molar-refractivity contribution is 7.25. The Morgan fingerprint density at radius 1 is 1.26 bits per heavy atom. The van der Waals surface area contributed by atoms with Gasteiger partial charge in [-0.2, -0.15) is 0 Å². The Bertz CT molecular complexity index is 964. The lowest BCUT2D eigenvalue weighted by atomic mass is 10.1. The Balaban J connectivity index is 1.71. The summed E-state index contributed by atoms with van der Waals surface area (Å²) in [6.07, 6.45) is 5.41. The summed E-state index contributed by atoms with van der Waals surface area (Å²) in [6, 6.07) is 3.97. The minimum absolute atomic E-state index is 0.633. The number of pyridine rings is 1. The van der Waals surface area contributed by atoms with Crippen molar-refractivity contribution in [1.82, 2.24) is 15.0 Å². The predicted molar refractivity (Wildman–Crippen MR) is 112 cm³/mol. The smallest absolute Gasteiger partial charge is 0.138 e. The molecule has 140 valence electrons. The Kier molecular flexibility index (Phi) is 5.18. The van der Waals surface area contributed by atoms with Gasteiger partial charge in [-0.25, -0.2) is 9.97 Å². The molecule has 0 atom stereocenters. The number of anilines is 1. The summed E-state index contributed by atoms with van der Waals surface area (Å²) in [5.74, 6) is 0. The van der Waals surface area contributed by atoms with Crippen LogP contribution in [-0.4, -0.2) is 40.9 Å². The molecular formula is C19H21N5OS2. The van der Waals surface area contributed by atoms with Crippen molar-refractivity contribution >= 4 is 33.4 Å². The molecule has 0 bridgehead atoms. The van der Waals surface area contributed by atoms with Crippen molar-refractivity contribution in [3.05, 3.63) is 35.9 Å². The van der Waals surface area contributed by atoms with Crippen molar-refractivity contribution in [3.63, 3.8) is 0 Å². The molecule has 4 heterocycles. The van der Waals surface area contributed by atoms with Crippen LogP contribution < -0.4 is 4.90 Å². The Labute approximate surface area is 166 Å². The van der Waals surface area contributed by atoms with Gasteiger partial charge in [0.2, 0.25) is 0 Å². The third-order valence-electron chi connectivity index (χ3n) is 4.28. The molecule has 0 spiro atoms. The molecular weight excluding hydrogens is 378 g/mol. The number of rotatable bonds is 5. The molecule has 0 saturated heterocycles. The predicted octanol–water partition coefficient (Wildman–Crippen LogP) is 4.61. The molecule has 6 nitrogen and oxygen atoms in total. The lowest BCUT2D eigenvalue weighted by Gasteiger charge is -2.23. The molecule has 0 amide bonds. The van der Waals surface area contributed by atoms with Gasteiger partial charge in [-0.3, -0.25) is 4.98 Å². The summed E-state index contributed by atoms with van der Waals surface area (Å²) in [7, 11) is 2.10. The Hall–Kier alpha value is -2.32. The van der Waals surface area contributed by atoms with Gasteiger partial charge in [0, 0.05) is 38.0 Å². The summed E-state index contributed by atoms with van der Waals surface area (Å²) in [5.41, 5.74) is 3.91. The molecule has 0 N–H and O–H groups in total. The van der Waals surface area contributed by atoms with Gasteiger partial charge in [0.25, 0.3) is 0 Å². The normalized spacial score (nSPS) is 15.2. The maximum absolute atomic E-state index is 5.43. The van der Waals surface area contributed by atoms with E-state index in [1.165, 1.54) is 0 Å². The van der Waals surface area contributed by atoms with Crippen LogP contribution in [0.1, 0.15) is 31.2 Å². The number of aromatic nitrogens is 3. The molecule has 0 unspecified atom stereocenters. The number of fused-ring (bicyclic) bond motifs is 1. The zero-order chi connectivity index (χ0) is 18.8. The molecule has 3 aromatic heterocycles. The van der Waals surface area contributed by atoms with Gasteiger partial charge in [-0.15, -0.1) is 11.3 Å². The van der Waals surface area contributed by atoms with Crippen LogP contribution in [0.25, 0.3) is 20.5 Å². The molecule has 0 saturated carbocycles. The first-order valence-corrected chi connectivity index (χ1v) is 10.6. The zero-order valence-corrected chi connectivity index (χ0v) is 17.2. The fourth-order valence-electron chi connectivity index (χ4n) is 2.86. The number of nitrogens with zero attached hydrogens (tertiary/aromatic N) is 5. The highest BCUT2D eigenvalue weighted by Crippen LogP contribution is 2.42. The second-order valence-electron chi connectivity index (χ2n) is 6.39. The summed E-state index contributed by atoms with van der Waals surface area (Å²) >= 11 is 3.36. The van der Waals surface area contributed by atoms with Crippen molar-refractivity contribution in [2.24, 2.45) is 5.16 Å². The maximum Gasteiger partial charge on any atom is 0.138 e. The second kappa shape index (κ2) is 7.74. The Morgan fingerprint density at radius 2 is 2.15 bits per heavy atom.